The first-order chi connectivity index (χ1) is 13.3. The Balaban J connectivity index is 1.70. The molecule has 4 aromatic carbocycles. The summed E-state index contributed by atoms with van der Waals surface area (Å²) in [6, 6.07) is 28.2. The van der Waals surface area contributed by atoms with E-state index in [1.165, 1.54) is 51.5 Å². The highest BCUT2D eigenvalue weighted by atomic mass is 32.1. The van der Waals surface area contributed by atoms with Gasteiger partial charge in [0.2, 0.25) is 0 Å². The van der Waals surface area contributed by atoms with E-state index in [0.29, 0.717) is 0 Å². The highest BCUT2D eigenvalue weighted by molar-refractivity contribution is 7.26. The molecule has 0 unspecified atom stereocenters. The molecule has 0 saturated heterocycles. The highest BCUT2D eigenvalue weighted by Gasteiger charge is 2.14. The van der Waals surface area contributed by atoms with Crippen molar-refractivity contribution in [3.63, 3.8) is 0 Å². The fourth-order valence-electron chi connectivity index (χ4n) is 3.97. The van der Waals surface area contributed by atoms with Crippen molar-refractivity contribution in [2.75, 3.05) is 5.73 Å². The van der Waals surface area contributed by atoms with Crippen LogP contribution in [0, 0.1) is 0 Å². The van der Waals surface area contributed by atoms with Gasteiger partial charge in [-0.2, -0.15) is 0 Å². The molecule has 0 spiro atoms. The van der Waals surface area contributed by atoms with E-state index in [9.17, 15) is 0 Å². The number of anilines is 1. The van der Waals surface area contributed by atoms with Crippen LogP contribution in [0.4, 0.5) is 5.69 Å². The van der Waals surface area contributed by atoms with E-state index in [0.717, 1.165) is 5.69 Å². The highest BCUT2D eigenvalue weighted by Crippen LogP contribution is 2.44. The van der Waals surface area contributed by atoms with Crippen molar-refractivity contribution >= 4 is 68.7 Å². The monoisotopic (exact) mass is 381 g/mol. The number of thiophene rings is 2. The van der Waals surface area contributed by atoms with Gasteiger partial charge in [0.05, 0.1) is 0 Å². The Hall–Kier alpha value is -2.88. The number of rotatable bonds is 1. The van der Waals surface area contributed by atoms with E-state index in [2.05, 4.69) is 72.8 Å². The van der Waals surface area contributed by atoms with Crippen LogP contribution in [0.3, 0.4) is 0 Å². The van der Waals surface area contributed by atoms with Crippen LogP contribution in [0.15, 0.2) is 78.9 Å². The third-order valence-electron chi connectivity index (χ3n) is 5.25. The van der Waals surface area contributed by atoms with Crippen LogP contribution in [-0.4, -0.2) is 0 Å². The van der Waals surface area contributed by atoms with Crippen LogP contribution in [0.1, 0.15) is 0 Å². The minimum absolute atomic E-state index is 0.855. The largest absolute Gasteiger partial charge is 0.398 e. The maximum absolute atomic E-state index is 6.37. The number of fused-ring (bicyclic) bond motifs is 6. The number of hydrogen-bond donors (Lipinski definition) is 1. The van der Waals surface area contributed by atoms with Crippen molar-refractivity contribution in [2.24, 2.45) is 0 Å². The molecule has 0 saturated carbocycles. The van der Waals surface area contributed by atoms with Gasteiger partial charge in [0.15, 0.2) is 0 Å². The normalized spacial score (nSPS) is 11.9. The molecule has 0 atom stereocenters. The molecule has 2 heterocycles. The minimum Gasteiger partial charge on any atom is -0.398 e. The quantitative estimate of drug-likeness (QED) is 0.290. The van der Waals surface area contributed by atoms with E-state index in [4.69, 9.17) is 5.73 Å². The van der Waals surface area contributed by atoms with Gasteiger partial charge < -0.3 is 5.73 Å². The molecular formula is C24H15NS2. The lowest BCUT2D eigenvalue weighted by molar-refractivity contribution is 1.73. The standard InChI is InChI=1S/C24H15NS2/c25-19-11-10-15(24-23(19)17-6-2-4-8-21(17)27-24)14-9-12-22-18(13-14)16-5-1-3-7-20(16)26-22/h1-13H,25H2. The summed E-state index contributed by atoms with van der Waals surface area (Å²) in [6.45, 7) is 0. The maximum atomic E-state index is 6.37. The lowest BCUT2D eigenvalue weighted by atomic mass is 10.00. The van der Waals surface area contributed by atoms with Crippen LogP contribution >= 0.6 is 22.7 Å². The number of benzene rings is 4. The van der Waals surface area contributed by atoms with E-state index in [1.807, 2.05) is 28.7 Å². The molecule has 0 aliphatic rings. The molecule has 0 bridgehead atoms. The SMILES string of the molecule is Nc1ccc(-c2ccc3sc4ccccc4c3c2)c2sc3ccccc3c12. The lowest BCUT2D eigenvalue weighted by Gasteiger charge is -2.06. The molecule has 0 amide bonds. The first-order valence-electron chi connectivity index (χ1n) is 8.91. The summed E-state index contributed by atoms with van der Waals surface area (Å²) in [5, 5.41) is 5.10. The first kappa shape index (κ1) is 15.2. The van der Waals surface area contributed by atoms with E-state index in [-0.39, 0.29) is 0 Å². The van der Waals surface area contributed by atoms with Gasteiger partial charge in [-0.1, -0.05) is 48.5 Å². The topological polar surface area (TPSA) is 26.0 Å². The Bertz CT molecular complexity index is 1490. The summed E-state index contributed by atoms with van der Waals surface area (Å²) < 4.78 is 5.24. The van der Waals surface area contributed by atoms with Gasteiger partial charge in [0.1, 0.15) is 0 Å². The van der Waals surface area contributed by atoms with Gasteiger partial charge >= 0.3 is 0 Å². The Morgan fingerprint density at radius 2 is 1.30 bits per heavy atom. The fourth-order valence-corrected chi connectivity index (χ4v) is 6.33. The maximum Gasteiger partial charge on any atom is 0.0454 e. The van der Waals surface area contributed by atoms with Crippen LogP contribution in [-0.2, 0) is 0 Å². The Morgan fingerprint density at radius 3 is 2.15 bits per heavy atom. The predicted molar refractivity (Wildman–Crippen MR) is 122 cm³/mol. The predicted octanol–water partition coefficient (Wildman–Crippen LogP) is 7.67. The van der Waals surface area contributed by atoms with Crippen molar-refractivity contribution in [2.45, 2.75) is 0 Å². The molecule has 1 nitrogen and oxygen atoms in total. The van der Waals surface area contributed by atoms with Gasteiger partial charge in [-0.3, -0.25) is 0 Å². The zero-order valence-corrected chi connectivity index (χ0v) is 16.0. The molecule has 2 aromatic heterocycles. The van der Waals surface area contributed by atoms with Crippen molar-refractivity contribution in [3.8, 4) is 11.1 Å². The molecule has 128 valence electrons. The number of hydrogen-bond acceptors (Lipinski definition) is 3. The molecular weight excluding hydrogens is 366 g/mol. The molecule has 0 aliphatic heterocycles. The van der Waals surface area contributed by atoms with Crippen LogP contribution in [0.25, 0.3) is 51.5 Å². The van der Waals surface area contributed by atoms with E-state index in [1.54, 1.807) is 0 Å². The van der Waals surface area contributed by atoms with E-state index >= 15 is 0 Å². The summed E-state index contributed by atoms with van der Waals surface area (Å²) in [6.07, 6.45) is 0. The molecule has 6 rings (SSSR count). The summed E-state index contributed by atoms with van der Waals surface area (Å²) >= 11 is 3.69. The molecule has 2 N–H and O–H groups in total. The zero-order valence-electron chi connectivity index (χ0n) is 14.4. The second-order valence-electron chi connectivity index (χ2n) is 6.81. The van der Waals surface area contributed by atoms with Gasteiger partial charge in [0.25, 0.3) is 0 Å². The molecule has 0 fully saturated rings. The third-order valence-corrected chi connectivity index (χ3v) is 7.60. The number of nitrogens with two attached hydrogens (primary N) is 1. The van der Waals surface area contributed by atoms with Crippen molar-refractivity contribution in [3.05, 3.63) is 78.9 Å². The molecule has 27 heavy (non-hydrogen) atoms. The summed E-state index contributed by atoms with van der Waals surface area (Å²) in [7, 11) is 0. The minimum atomic E-state index is 0.855. The third kappa shape index (κ3) is 2.16. The summed E-state index contributed by atoms with van der Waals surface area (Å²) in [5.41, 5.74) is 9.74. The Kier molecular flexibility index (Phi) is 3.13. The van der Waals surface area contributed by atoms with Crippen molar-refractivity contribution in [1.82, 2.24) is 0 Å². The Morgan fingerprint density at radius 1 is 0.593 bits per heavy atom. The van der Waals surface area contributed by atoms with Gasteiger partial charge in [0, 0.05) is 46.0 Å². The first-order valence-corrected chi connectivity index (χ1v) is 10.5. The van der Waals surface area contributed by atoms with Crippen LogP contribution in [0.5, 0.6) is 0 Å². The van der Waals surface area contributed by atoms with Crippen LogP contribution < -0.4 is 5.73 Å². The average molecular weight is 382 g/mol. The molecule has 6 aromatic rings. The second-order valence-corrected chi connectivity index (χ2v) is 8.95. The van der Waals surface area contributed by atoms with E-state index < -0.39 is 0 Å². The smallest absolute Gasteiger partial charge is 0.0454 e. The van der Waals surface area contributed by atoms with Crippen molar-refractivity contribution in [1.29, 1.82) is 0 Å². The summed E-state index contributed by atoms with van der Waals surface area (Å²) in [4.78, 5) is 0. The van der Waals surface area contributed by atoms with Crippen molar-refractivity contribution < 1.29 is 0 Å². The second kappa shape index (κ2) is 5.56. The lowest BCUT2D eigenvalue weighted by Crippen LogP contribution is -1.87. The van der Waals surface area contributed by atoms with Gasteiger partial charge in [-0.25, -0.2) is 0 Å². The number of nitrogen functional groups attached to an aromatic ring is 1. The van der Waals surface area contributed by atoms with Gasteiger partial charge in [-0.05, 0) is 41.5 Å². The zero-order chi connectivity index (χ0) is 18.0. The average Bonchev–Trinajstić information content (AvgIpc) is 3.27. The fraction of sp³-hybridized carbons (Fsp3) is 0. The van der Waals surface area contributed by atoms with Gasteiger partial charge in [-0.15, -0.1) is 22.7 Å². The Labute approximate surface area is 164 Å². The molecule has 0 aliphatic carbocycles. The molecule has 0 radical (unpaired) electrons. The summed E-state index contributed by atoms with van der Waals surface area (Å²) in [5.74, 6) is 0. The molecule has 3 heteroatoms. The van der Waals surface area contributed by atoms with Crippen LogP contribution in [0.2, 0.25) is 0 Å².